The molecule has 2 aliphatic heterocycles. The number of hydrogen-bond donors (Lipinski definition) is 2. The van der Waals surface area contributed by atoms with Crippen LogP contribution in [-0.4, -0.2) is 64.7 Å². The summed E-state index contributed by atoms with van der Waals surface area (Å²) in [7, 11) is 0. The van der Waals surface area contributed by atoms with Crippen molar-refractivity contribution in [2.24, 2.45) is 0 Å². The summed E-state index contributed by atoms with van der Waals surface area (Å²) in [6, 6.07) is 28.8. The van der Waals surface area contributed by atoms with Crippen molar-refractivity contribution in [1.82, 2.24) is 20.2 Å². The Kier molecular flexibility index (Phi) is 18.0. The second kappa shape index (κ2) is 24.1. The lowest BCUT2D eigenvalue weighted by Crippen LogP contribution is -2.51. The lowest BCUT2D eigenvalue weighted by molar-refractivity contribution is -0.263. The number of anilines is 1. The first kappa shape index (κ1) is 43.4. The number of aromatic nitrogens is 2. The SMILES string of the molecule is CCCCCCCCCCCCCCCC(=O)NCc1ccc(C2O[C@H](CN3CCN(c4ncccn4)CC3)[C@@H](c3ccccc3)[C@H](c3ccc(CO)cc3)O2)cc1. The van der Waals surface area contributed by atoms with Crippen LogP contribution in [0.4, 0.5) is 5.95 Å². The average molecular weight is 790 g/mol. The Hall–Kier alpha value is -4.15. The zero-order valence-electron chi connectivity index (χ0n) is 34.9. The molecule has 0 saturated carbocycles. The molecular formula is C49H67N5O4. The van der Waals surface area contributed by atoms with Gasteiger partial charge in [-0.2, -0.15) is 0 Å². The van der Waals surface area contributed by atoms with Crippen molar-refractivity contribution in [3.8, 4) is 0 Å². The Morgan fingerprint density at radius 3 is 1.88 bits per heavy atom. The normalized spacial score (nSPS) is 19.9. The molecule has 2 N–H and O–H groups in total. The highest BCUT2D eigenvalue weighted by Crippen LogP contribution is 2.47. The zero-order chi connectivity index (χ0) is 40.2. The van der Waals surface area contributed by atoms with Crippen LogP contribution in [0.15, 0.2) is 97.3 Å². The van der Waals surface area contributed by atoms with Crippen LogP contribution in [0.25, 0.3) is 0 Å². The number of nitrogens with zero attached hydrogens (tertiary/aromatic N) is 4. The third kappa shape index (κ3) is 13.4. The van der Waals surface area contributed by atoms with Crippen LogP contribution in [-0.2, 0) is 27.4 Å². The van der Waals surface area contributed by atoms with Gasteiger partial charge in [0.05, 0.1) is 18.8 Å². The molecule has 1 unspecified atom stereocenters. The lowest BCUT2D eigenvalue weighted by atomic mass is 9.83. The summed E-state index contributed by atoms with van der Waals surface area (Å²) in [5.74, 6) is 0.835. The van der Waals surface area contributed by atoms with Crippen molar-refractivity contribution in [3.63, 3.8) is 0 Å². The van der Waals surface area contributed by atoms with Gasteiger partial charge in [0.25, 0.3) is 0 Å². The van der Waals surface area contributed by atoms with Crippen LogP contribution < -0.4 is 10.2 Å². The van der Waals surface area contributed by atoms with Crippen LogP contribution >= 0.6 is 0 Å². The Morgan fingerprint density at radius 1 is 0.672 bits per heavy atom. The van der Waals surface area contributed by atoms with Gasteiger partial charge in [-0.3, -0.25) is 9.69 Å². The van der Waals surface area contributed by atoms with Gasteiger partial charge in [-0.05, 0) is 34.7 Å². The number of amides is 1. The van der Waals surface area contributed by atoms with Gasteiger partial charge in [0.2, 0.25) is 11.9 Å². The Balaban J connectivity index is 1.03. The summed E-state index contributed by atoms with van der Waals surface area (Å²) >= 11 is 0. The molecule has 3 heterocycles. The van der Waals surface area contributed by atoms with E-state index in [0.717, 1.165) is 73.8 Å². The second-order valence-electron chi connectivity index (χ2n) is 16.2. The van der Waals surface area contributed by atoms with Gasteiger partial charge in [0.1, 0.15) is 0 Å². The number of carbonyl (C=O) groups excluding carboxylic acids is 1. The number of piperazine rings is 1. The van der Waals surface area contributed by atoms with Crippen molar-refractivity contribution in [1.29, 1.82) is 0 Å². The van der Waals surface area contributed by atoms with Gasteiger partial charge in [0.15, 0.2) is 6.29 Å². The fourth-order valence-electron chi connectivity index (χ4n) is 8.39. The van der Waals surface area contributed by atoms with E-state index < -0.39 is 6.29 Å². The first-order chi connectivity index (χ1) is 28.6. The molecule has 4 atom stereocenters. The van der Waals surface area contributed by atoms with E-state index in [-0.39, 0.29) is 30.6 Å². The molecule has 0 radical (unpaired) electrons. The summed E-state index contributed by atoms with van der Waals surface area (Å²) in [6.07, 6.45) is 20.1. The molecule has 58 heavy (non-hydrogen) atoms. The molecule has 2 fully saturated rings. The van der Waals surface area contributed by atoms with E-state index in [1.54, 1.807) is 12.4 Å². The van der Waals surface area contributed by atoms with Crippen LogP contribution in [0.3, 0.4) is 0 Å². The molecule has 6 rings (SSSR count). The lowest BCUT2D eigenvalue weighted by Gasteiger charge is -2.45. The average Bonchev–Trinajstić information content (AvgIpc) is 3.28. The number of ether oxygens (including phenoxy) is 2. The first-order valence-electron chi connectivity index (χ1n) is 22.3. The van der Waals surface area contributed by atoms with E-state index >= 15 is 0 Å². The van der Waals surface area contributed by atoms with E-state index in [0.29, 0.717) is 13.0 Å². The van der Waals surface area contributed by atoms with Crippen molar-refractivity contribution >= 4 is 11.9 Å². The van der Waals surface area contributed by atoms with Gasteiger partial charge in [-0.1, -0.05) is 163 Å². The molecule has 1 aromatic heterocycles. The molecule has 0 bridgehead atoms. The minimum atomic E-state index is -0.578. The third-order valence-electron chi connectivity index (χ3n) is 11.9. The van der Waals surface area contributed by atoms with Crippen LogP contribution in [0.5, 0.6) is 0 Å². The quantitative estimate of drug-likeness (QED) is 0.0717. The fraction of sp³-hybridized carbons (Fsp3) is 0.531. The van der Waals surface area contributed by atoms with E-state index in [1.165, 1.54) is 76.2 Å². The summed E-state index contributed by atoms with van der Waals surface area (Å²) in [5, 5.41) is 12.9. The molecule has 2 saturated heterocycles. The van der Waals surface area contributed by atoms with Gasteiger partial charge >= 0.3 is 0 Å². The standard InChI is InChI=1S/C49H67N5O4/c1-2-3-4-5-6-7-8-9-10-11-12-13-17-21-45(56)52-36-39-22-28-43(29-23-39)48-57-44(37-53-32-34-54(35-33-53)49-50-30-18-31-51-49)46(41-19-15-14-16-20-41)47(58-48)42-26-24-40(38-55)25-27-42/h14-16,18-20,22-31,44,46-48,55H,2-13,17,21,32-38H2,1H3,(H,52,56)/t44-,46-,47+,48?/m1/s1. The Morgan fingerprint density at radius 2 is 1.26 bits per heavy atom. The van der Waals surface area contributed by atoms with Gasteiger partial charge in [-0.25, -0.2) is 9.97 Å². The molecule has 9 nitrogen and oxygen atoms in total. The van der Waals surface area contributed by atoms with E-state index in [2.05, 4.69) is 92.7 Å². The minimum absolute atomic E-state index is 0.00544. The molecule has 4 aromatic rings. The fourth-order valence-corrected chi connectivity index (χ4v) is 8.39. The highest BCUT2D eigenvalue weighted by Gasteiger charge is 2.42. The monoisotopic (exact) mass is 790 g/mol. The van der Waals surface area contributed by atoms with Crippen molar-refractivity contribution in [2.45, 2.75) is 134 Å². The Bertz CT molecular complexity index is 1720. The molecule has 2 aliphatic rings. The summed E-state index contributed by atoms with van der Waals surface area (Å²) in [5.41, 5.74) is 5.09. The summed E-state index contributed by atoms with van der Waals surface area (Å²) in [4.78, 5) is 26.4. The number of nitrogens with one attached hydrogen (secondary N) is 1. The number of aliphatic hydroxyl groups is 1. The predicted molar refractivity (Wildman–Crippen MR) is 232 cm³/mol. The smallest absolute Gasteiger partial charge is 0.225 e. The number of aliphatic hydroxyl groups excluding tert-OH is 1. The molecule has 0 aliphatic carbocycles. The molecule has 9 heteroatoms. The number of carbonyl (C=O) groups is 1. The molecule has 1 amide bonds. The number of hydrogen-bond acceptors (Lipinski definition) is 8. The minimum Gasteiger partial charge on any atom is -0.392 e. The van der Waals surface area contributed by atoms with Crippen molar-refractivity contribution in [2.75, 3.05) is 37.6 Å². The molecule has 312 valence electrons. The third-order valence-corrected chi connectivity index (χ3v) is 11.9. The zero-order valence-corrected chi connectivity index (χ0v) is 34.9. The molecule has 0 spiro atoms. The topological polar surface area (TPSA) is 100 Å². The highest BCUT2D eigenvalue weighted by molar-refractivity contribution is 5.75. The first-order valence-corrected chi connectivity index (χ1v) is 22.3. The maximum absolute atomic E-state index is 12.7. The van der Waals surface area contributed by atoms with Crippen molar-refractivity contribution in [3.05, 3.63) is 125 Å². The van der Waals surface area contributed by atoms with E-state index in [4.69, 9.17) is 9.47 Å². The van der Waals surface area contributed by atoms with E-state index in [1.807, 2.05) is 24.3 Å². The van der Waals surface area contributed by atoms with Crippen LogP contribution in [0.2, 0.25) is 0 Å². The summed E-state index contributed by atoms with van der Waals surface area (Å²) in [6.45, 7) is 6.96. The van der Waals surface area contributed by atoms with Gasteiger partial charge in [-0.15, -0.1) is 0 Å². The van der Waals surface area contributed by atoms with Gasteiger partial charge in [0, 0.05) is 69.6 Å². The van der Waals surface area contributed by atoms with E-state index in [9.17, 15) is 9.90 Å². The summed E-state index contributed by atoms with van der Waals surface area (Å²) < 4.78 is 13.9. The van der Waals surface area contributed by atoms with Crippen LogP contribution in [0.1, 0.15) is 143 Å². The Labute approximate surface area is 347 Å². The largest absolute Gasteiger partial charge is 0.392 e. The maximum Gasteiger partial charge on any atom is 0.225 e. The molecule has 3 aromatic carbocycles. The van der Waals surface area contributed by atoms with Crippen LogP contribution in [0, 0.1) is 0 Å². The molecular weight excluding hydrogens is 723 g/mol. The number of unbranched alkanes of at least 4 members (excludes halogenated alkanes) is 12. The predicted octanol–water partition coefficient (Wildman–Crippen LogP) is 9.83. The number of rotatable bonds is 23. The highest BCUT2D eigenvalue weighted by atomic mass is 16.7. The van der Waals surface area contributed by atoms with Gasteiger partial charge < -0.3 is 24.8 Å². The second-order valence-corrected chi connectivity index (χ2v) is 16.2. The maximum atomic E-state index is 12.7. The van der Waals surface area contributed by atoms with Crippen molar-refractivity contribution < 1.29 is 19.4 Å². The number of benzene rings is 3.